The average molecular weight is 232 g/mol. The number of nitrogens with one attached hydrogen (secondary N) is 1. The van der Waals surface area contributed by atoms with E-state index in [1.807, 2.05) is 35.3 Å². The fraction of sp³-hybridized carbons (Fsp3) is 0.500. The molecule has 0 bridgehead atoms. The van der Waals surface area contributed by atoms with Gasteiger partial charge in [0, 0.05) is 13.0 Å². The predicted molar refractivity (Wildman–Crippen MR) is 69.6 cm³/mol. The third-order valence-corrected chi connectivity index (χ3v) is 3.21. The first kappa shape index (κ1) is 12.0. The topological polar surface area (TPSA) is 32.3 Å². The van der Waals surface area contributed by atoms with Crippen molar-refractivity contribution >= 4 is 11.6 Å². The molecule has 17 heavy (non-hydrogen) atoms. The van der Waals surface area contributed by atoms with Crippen LogP contribution in [0.1, 0.15) is 32.6 Å². The molecule has 0 spiro atoms. The quantitative estimate of drug-likeness (QED) is 0.865. The van der Waals surface area contributed by atoms with Crippen molar-refractivity contribution < 1.29 is 4.79 Å². The van der Waals surface area contributed by atoms with Gasteiger partial charge >= 0.3 is 0 Å². The summed E-state index contributed by atoms with van der Waals surface area (Å²) in [4.78, 5) is 11.7. The summed E-state index contributed by atoms with van der Waals surface area (Å²) in [6, 6.07) is 10.0. The number of amides is 1. The Morgan fingerprint density at radius 2 is 2.12 bits per heavy atom. The van der Waals surface area contributed by atoms with Gasteiger partial charge in [0.05, 0.1) is 5.69 Å². The van der Waals surface area contributed by atoms with E-state index in [1.165, 1.54) is 12.8 Å². The second kappa shape index (κ2) is 5.71. The minimum absolute atomic E-state index is 0.140. The Labute approximate surface area is 103 Å². The highest BCUT2D eigenvalue weighted by atomic mass is 16.2. The van der Waals surface area contributed by atoms with Gasteiger partial charge in [0.15, 0.2) is 0 Å². The molecule has 3 heteroatoms. The van der Waals surface area contributed by atoms with Crippen molar-refractivity contribution in [1.82, 2.24) is 5.43 Å². The zero-order chi connectivity index (χ0) is 12.1. The minimum Gasteiger partial charge on any atom is -0.285 e. The number of unbranched alkanes of at least 4 members (excludes halogenated alkanes) is 1. The lowest BCUT2D eigenvalue weighted by molar-refractivity contribution is -0.123. The largest absolute Gasteiger partial charge is 0.285 e. The molecule has 1 aliphatic rings. The van der Waals surface area contributed by atoms with Crippen LogP contribution in [0.2, 0.25) is 0 Å². The van der Waals surface area contributed by atoms with Crippen LogP contribution in [0.5, 0.6) is 0 Å². The number of benzene rings is 1. The number of hydrazine groups is 1. The molecule has 92 valence electrons. The summed E-state index contributed by atoms with van der Waals surface area (Å²) < 4.78 is 0. The number of carbonyl (C=O) groups excluding carboxylic acids is 1. The number of carbonyl (C=O) groups is 1. The fourth-order valence-electron chi connectivity index (χ4n) is 2.29. The van der Waals surface area contributed by atoms with Crippen molar-refractivity contribution in [3.63, 3.8) is 0 Å². The standard InChI is InChI=1S/C14H20N2O/c1-2-3-7-12-10-14(17)15-16(11-12)13-8-5-4-6-9-13/h4-6,8-9,12H,2-3,7,10-11H2,1H3,(H,15,17). The van der Waals surface area contributed by atoms with E-state index in [0.29, 0.717) is 12.3 Å². The minimum atomic E-state index is 0.140. The van der Waals surface area contributed by atoms with E-state index in [1.54, 1.807) is 0 Å². The van der Waals surface area contributed by atoms with Crippen LogP contribution in [-0.2, 0) is 4.79 Å². The Morgan fingerprint density at radius 1 is 1.35 bits per heavy atom. The molecule has 2 rings (SSSR count). The predicted octanol–water partition coefficient (Wildman–Crippen LogP) is 2.73. The van der Waals surface area contributed by atoms with Gasteiger partial charge in [-0.3, -0.25) is 15.2 Å². The van der Waals surface area contributed by atoms with E-state index in [-0.39, 0.29) is 5.91 Å². The summed E-state index contributed by atoms with van der Waals surface area (Å²) in [5.41, 5.74) is 4.00. The molecule has 1 saturated heterocycles. The van der Waals surface area contributed by atoms with Gasteiger partial charge in [0.1, 0.15) is 0 Å². The molecule has 1 unspecified atom stereocenters. The smallest absolute Gasteiger partial charge is 0.238 e. The highest BCUT2D eigenvalue weighted by molar-refractivity contribution is 5.79. The molecule has 0 aromatic heterocycles. The molecule has 1 amide bonds. The highest BCUT2D eigenvalue weighted by Crippen LogP contribution is 2.22. The molecule has 1 heterocycles. The second-order valence-electron chi connectivity index (χ2n) is 4.69. The second-order valence-corrected chi connectivity index (χ2v) is 4.69. The summed E-state index contributed by atoms with van der Waals surface area (Å²) in [6.45, 7) is 3.12. The Hall–Kier alpha value is -1.51. The van der Waals surface area contributed by atoms with Crippen LogP contribution >= 0.6 is 0 Å². The maximum Gasteiger partial charge on any atom is 0.238 e. The number of hydrogen-bond donors (Lipinski definition) is 1. The van der Waals surface area contributed by atoms with Gasteiger partial charge in [0.2, 0.25) is 5.91 Å². The third-order valence-electron chi connectivity index (χ3n) is 3.21. The van der Waals surface area contributed by atoms with Crippen molar-refractivity contribution in [1.29, 1.82) is 0 Å². The molecule has 1 N–H and O–H groups in total. The van der Waals surface area contributed by atoms with Crippen LogP contribution in [0.25, 0.3) is 0 Å². The van der Waals surface area contributed by atoms with Gasteiger partial charge in [0.25, 0.3) is 0 Å². The lowest BCUT2D eigenvalue weighted by atomic mass is 9.96. The number of hydrogen-bond acceptors (Lipinski definition) is 2. The maximum atomic E-state index is 11.7. The highest BCUT2D eigenvalue weighted by Gasteiger charge is 2.24. The summed E-state index contributed by atoms with van der Waals surface area (Å²) in [5, 5.41) is 1.98. The molecule has 1 fully saturated rings. The molecule has 0 aliphatic carbocycles. The van der Waals surface area contributed by atoms with Crippen molar-refractivity contribution in [3.05, 3.63) is 30.3 Å². The van der Waals surface area contributed by atoms with Crippen molar-refractivity contribution in [2.45, 2.75) is 32.6 Å². The van der Waals surface area contributed by atoms with Crippen LogP contribution in [0.15, 0.2) is 30.3 Å². The summed E-state index contributed by atoms with van der Waals surface area (Å²) in [6.07, 6.45) is 4.22. The average Bonchev–Trinajstić information content (AvgIpc) is 2.37. The number of anilines is 1. The van der Waals surface area contributed by atoms with Crippen molar-refractivity contribution in [2.24, 2.45) is 5.92 Å². The van der Waals surface area contributed by atoms with Gasteiger partial charge in [-0.05, 0) is 24.5 Å². The molecule has 0 saturated carbocycles. The number of nitrogens with zero attached hydrogens (tertiary/aromatic N) is 1. The lowest BCUT2D eigenvalue weighted by Crippen LogP contribution is -2.50. The molecular weight excluding hydrogens is 212 g/mol. The lowest BCUT2D eigenvalue weighted by Gasteiger charge is -2.34. The van der Waals surface area contributed by atoms with E-state index < -0.39 is 0 Å². The van der Waals surface area contributed by atoms with Crippen LogP contribution in [0.4, 0.5) is 5.69 Å². The van der Waals surface area contributed by atoms with E-state index in [4.69, 9.17) is 0 Å². The van der Waals surface area contributed by atoms with Gasteiger partial charge in [-0.15, -0.1) is 0 Å². The monoisotopic (exact) mass is 232 g/mol. The first-order valence-corrected chi connectivity index (χ1v) is 6.41. The fourth-order valence-corrected chi connectivity index (χ4v) is 2.29. The Kier molecular flexibility index (Phi) is 4.02. The van der Waals surface area contributed by atoms with Gasteiger partial charge in [-0.25, -0.2) is 0 Å². The summed E-state index contributed by atoms with van der Waals surface area (Å²) in [5.74, 6) is 0.630. The van der Waals surface area contributed by atoms with Gasteiger partial charge in [-0.2, -0.15) is 0 Å². The Balaban J connectivity index is 2.01. The van der Waals surface area contributed by atoms with E-state index in [0.717, 1.165) is 18.7 Å². The van der Waals surface area contributed by atoms with E-state index in [9.17, 15) is 4.79 Å². The van der Waals surface area contributed by atoms with Crippen LogP contribution < -0.4 is 10.4 Å². The van der Waals surface area contributed by atoms with Crippen molar-refractivity contribution in [3.8, 4) is 0 Å². The first-order chi connectivity index (χ1) is 8.29. The van der Waals surface area contributed by atoms with Gasteiger partial charge < -0.3 is 0 Å². The number of rotatable bonds is 4. The molecule has 3 nitrogen and oxygen atoms in total. The molecule has 1 aromatic rings. The molecule has 1 aromatic carbocycles. The summed E-state index contributed by atoms with van der Waals surface area (Å²) >= 11 is 0. The Bertz CT molecular complexity index is 364. The van der Waals surface area contributed by atoms with Crippen molar-refractivity contribution in [2.75, 3.05) is 11.6 Å². The third kappa shape index (κ3) is 3.22. The molecule has 1 aliphatic heterocycles. The van der Waals surface area contributed by atoms with Crippen LogP contribution in [0.3, 0.4) is 0 Å². The van der Waals surface area contributed by atoms with Gasteiger partial charge in [-0.1, -0.05) is 38.0 Å². The zero-order valence-electron chi connectivity index (χ0n) is 10.4. The van der Waals surface area contributed by atoms with E-state index in [2.05, 4.69) is 12.3 Å². The molecular formula is C14H20N2O. The van der Waals surface area contributed by atoms with Crippen LogP contribution in [-0.4, -0.2) is 12.5 Å². The SMILES string of the molecule is CCCCC1CC(=O)NN(c2ccccc2)C1. The maximum absolute atomic E-state index is 11.7. The molecule has 0 radical (unpaired) electrons. The zero-order valence-corrected chi connectivity index (χ0v) is 10.4. The number of para-hydroxylation sites is 1. The summed E-state index contributed by atoms with van der Waals surface area (Å²) in [7, 11) is 0. The first-order valence-electron chi connectivity index (χ1n) is 6.41. The Morgan fingerprint density at radius 3 is 2.82 bits per heavy atom. The van der Waals surface area contributed by atoms with E-state index >= 15 is 0 Å². The molecule has 1 atom stereocenters. The normalized spacial score (nSPS) is 20.2. The van der Waals surface area contributed by atoms with Crippen LogP contribution in [0, 0.1) is 5.92 Å².